The van der Waals surface area contributed by atoms with Crippen molar-refractivity contribution in [2.75, 3.05) is 32.7 Å². The molecule has 2 saturated heterocycles. The van der Waals surface area contributed by atoms with Crippen molar-refractivity contribution >= 4 is 0 Å². The minimum absolute atomic E-state index is 0.0111. The summed E-state index contributed by atoms with van der Waals surface area (Å²) < 4.78 is 14.2. The van der Waals surface area contributed by atoms with E-state index in [1.807, 2.05) is 26.0 Å². The molecule has 1 spiro atoms. The molecule has 0 saturated carbocycles. The molecule has 0 amide bonds. The van der Waals surface area contributed by atoms with Crippen LogP contribution in [0.5, 0.6) is 0 Å². The topological polar surface area (TPSA) is 18.5 Å². The summed E-state index contributed by atoms with van der Waals surface area (Å²) in [6, 6.07) is 0.654. The van der Waals surface area contributed by atoms with E-state index in [0.717, 1.165) is 44.7 Å². The van der Waals surface area contributed by atoms with Crippen LogP contribution >= 0.6 is 0 Å². The van der Waals surface area contributed by atoms with Crippen molar-refractivity contribution in [1.82, 2.24) is 15.1 Å². The van der Waals surface area contributed by atoms with Gasteiger partial charge in [0.2, 0.25) is 0 Å². The minimum atomic E-state index is -0.0111. The van der Waals surface area contributed by atoms with E-state index in [4.69, 9.17) is 0 Å². The van der Waals surface area contributed by atoms with Crippen LogP contribution in [-0.4, -0.2) is 48.6 Å². The standard InChI is InChI=1S/C22H32FN3.C2H6/c1-17(2)26-16-22(20-14-18(23)6-5-8-21(20)26)9-12-25(13-10-22)15-19-7-3-4-11-24-19;1-2/h5,8,14,19,24H,1,3-4,6-7,9-13,15-16H2,2H3;1-2H3. The number of nitrogens with one attached hydrogen (secondary N) is 1. The normalized spacial score (nSPS) is 27.1. The van der Waals surface area contributed by atoms with Crippen molar-refractivity contribution in [3.8, 4) is 0 Å². The number of rotatable bonds is 3. The number of fused-ring (bicyclic) bond motifs is 1. The molecule has 1 unspecified atom stereocenters. The van der Waals surface area contributed by atoms with Gasteiger partial charge in [-0.05, 0) is 70.0 Å². The fourth-order valence-corrected chi connectivity index (χ4v) is 5.12. The molecule has 156 valence electrons. The van der Waals surface area contributed by atoms with Gasteiger partial charge in [0, 0.05) is 42.4 Å². The molecule has 3 heterocycles. The van der Waals surface area contributed by atoms with Crippen LogP contribution in [-0.2, 0) is 0 Å². The second kappa shape index (κ2) is 9.41. The molecule has 1 N–H and O–H groups in total. The van der Waals surface area contributed by atoms with Crippen LogP contribution in [0.4, 0.5) is 4.39 Å². The highest BCUT2D eigenvalue weighted by Gasteiger charge is 2.45. The maximum atomic E-state index is 14.2. The molecular weight excluding hydrogens is 349 g/mol. The third-order valence-electron chi connectivity index (χ3n) is 6.65. The van der Waals surface area contributed by atoms with Gasteiger partial charge in [0.25, 0.3) is 0 Å². The van der Waals surface area contributed by atoms with Crippen LogP contribution in [0.15, 0.2) is 47.6 Å². The molecule has 4 heteroatoms. The lowest BCUT2D eigenvalue weighted by molar-refractivity contribution is 0.114. The summed E-state index contributed by atoms with van der Waals surface area (Å²) in [6.07, 6.45) is 12.5. The van der Waals surface area contributed by atoms with Crippen molar-refractivity contribution in [2.24, 2.45) is 5.41 Å². The van der Waals surface area contributed by atoms with Crippen LogP contribution in [0.2, 0.25) is 0 Å². The van der Waals surface area contributed by atoms with E-state index in [-0.39, 0.29) is 11.2 Å². The first-order valence-electron chi connectivity index (χ1n) is 11.2. The van der Waals surface area contributed by atoms with Gasteiger partial charge in [0.15, 0.2) is 0 Å². The predicted octanol–water partition coefficient (Wildman–Crippen LogP) is 5.15. The highest BCUT2D eigenvalue weighted by atomic mass is 19.1. The lowest BCUT2D eigenvalue weighted by Gasteiger charge is -2.42. The van der Waals surface area contributed by atoms with Gasteiger partial charge in [-0.2, -0.15) is 0 Å². The van der Waals surface area contributed by atoms with Crippen molar-refractivity contribution < 1.29 is 4.39 Å². The minimum Gasteiger partial charge on any atom is -0.345 e. The van der Waals surface area contributed by atoms with Gasteiger partial charge in [0.05, 0.1) is 0 Å². The summed E-state index contributed by atoms with van der Waals surface area (Å²) >= 11 is 0. The summed E-state index contributed by atoms with van der Waals surface area (Å²) in [5.41, 5.74) is 3.52. The number of piperidine rings is 2. The predicted molar refractivity (Wildman–Crippen MR) is 117 cm³/mol. The summed E-state index contributed by atoms with van der Waals surface area (Å²) in [5, 5.41) is 3.67. The molecule has 0 aromatic heterocycles. The summed E-state index contributed by atoms with van der Waals surface area (Å²) in [4.78, 5) is 4.92. The molecule has 28 heavy (non-hydrogen) atoms. The zero-order valence-electron chi connectivity index (χ0n) is 18.1. The second-order valence-corrected chi connectivity index (χ2v) is 8.55. The SMILES string of the molecule is C=C(C)N1CC2(CCN(CC3CCCCN3)CC2)C2=C1C=CCC(F)=C2.CC. The molecule has 0 bridgehead atoms. The molecule has 1 aliphatic carbocycles. The van der Waals surface area contributed by atoms with Crippen LogP contribution in [0, 0.1) is 5.41 Å². The smallest absolute Gasteiger partial charge is 0.104 e. The molecule has 4 aliphatic rings. The maximum Gasteiger partial charge on any atom is 0.104 e. The Morgan fingerprint density at radius 3 is 2.68 bits per heavy atom. The Morgan fingerprint density at radius 2 is 2.04 bits per heavy atom. The number of nitrogens with zero attached hydrogens (tertiary/aromatic N) is 2. The van der Waals surface area contributed by atoms with Gasteiger partial charge in [-0.15, -0.1) is 0 Å². The number of allylic oxidation sites excluding steroid dienone is 5. The van der Waals surface area contributed by atoms with Crippen LogP contribution in [0.25, 0.3) is 0 Å². The molecule has 0 aromatic rings. The Hall–Kier alpha value is -1.39. The number of likely N-dealkylation sites (tertiary alicyclic amines) is 1. The molecule has 1 atom stereocenters. The summed E-state index contributed by atoms with van der Waals surface area (Å²) in [7, 11) is 0. The number of halogens is 1. The Morgan fingerprint density at radius 1 is 1.29 bits per heavy atom. The first-order valence-corrected chi connectivity index (χ1v) is 11.2. The van der Waals surface area contributed by atoms with E-state index in [0.29, 0.717) is 12.5 Å². The molecule has 3 nitrogen and oxygen atoms in total. The third kappa shape index (κ3) is 4.44. The van der Waals surface area contributed by atoms with Crippen LogP contribution in [0.3, 0.4) is 0 Å². The van der Waals surface area contributed by atoms with E-state index in [1.54, 1.807) is 0 Å². The van der Waals surface area contributed by atoms with Gasteiger partial charge >= 0.3 is 0 Å². The number of hydrogen-bond donors (Lipinski definition) is 1. The quantitative estimate of drug-likeness (QED) is 0.722. The largest absolute Gasteiger partial charge is 0.345 e. The van der Waals surface area contributed by atoms with Gasteiger partial charge in [-0.3, -0.25) is 0 Å². The van der Waals surface area contributed by atoms with Crippen molar-refractivity contribution in [1.29, 1.82) is 0 Å². The Kier molecular flexibility index (Phi) is 7.16. The van der Waals surface area contributed by atoms with E-state index in [2.05, 4.69) is 34.7 Å². The zero-order chi connectivity index (χ0) is 20.1. The van der Waals surface area contributed by atoms with E-state index >= 15 is 0 Å². The fourth-order valence-electron chi connectivity index (χ4n) is 5.12. The maximum absolute atomic E-state index is 14.2. The van der Waals surface area contributed by atoms with Crippen LogP contribution < -0.4 is 5.32 Å². The molecule has 0 aromatic carbocycles. The summed E-state index contributed by atoms with van der Waals surface area (Å²) in [6.45, 7) is 15.7. The van der Waals surface area contributed by atoms with Crippen LogP contribution in [0.1, 0.15) is 59.3 Å². The average molecular weight is 388 g/mol. The Labute approximate surface area is 171 Å². The lowest BCUT2D eigenvalue weighted by atomic mass is 9.73. The highest BCUT2D eigenvalue weighted by Crippen LogP contribution is 2.49. The van der Waals surface area contributed by atoms with Crippen molar-refractivity contribution in [3.05, 3.63) is 47.6 Å². The first-order chi connectivity index (χ1) is 13.6. The average Bonchev–Trinajstić information content (AvgIpc) is 2.86. The molecule has 4 rings (SSSR count). The van der Waals surface area contributed by atoms with E-state index in [1.165, 1.54) is 37.1 Å². The fraction of sp³-hybridized carbons (Fsp3) is 0.667. The van der Waals surface area contributed by atoms with Gasteiger partial charge in [-0.1, -0.05) is 32.9 Å². The zero-order valence-corrected chi connectivity index (χ0v) is 18.1. The summed E-state index contributed by atoms with van der Waals surface area (Å²) in [5.74, 6) is -0.0111. The Bertz CT molecular complexity index is 647. The van der Waals surface area contributed by atoms with Gasteiger partial charge in [0.1, 0.15) is 5.83 Å². The molecular formula is C24H38FN3. The van der Waals surface area contributed by atoms with Gasteiger partial charge < -0.3 is 15.1 Å². The Balaban J connectivity index is 0.00000109. The highest BCUT2D eigenvalue weighted by molar-refractivity contribution is 5.47. The molecule has 2 fully saturated rings. The van der Waals surface area contributed by atoms with E-state index in [9.17, 15) is 4.39 Å². The first kappa shape index (κ1) is 21.3. The second-order valence-electron chi connectivity index (χ2n) is 8.55. The monoisotopic (exact) mass is 387 g/mol. The van der Waals surface area contributed by atoms with E-state index < -0.39 is 0 Å². The number of hydrogen-bond acceptors (Lipinski definition) is 3. The van der Waals surface area contributed by atoms with Gasteiger partial charge in [-0.25, -0.2) is 4.39 Å². The van der Waals surface area contributed by atoms with Crippen molar-refractivity contribution in [3.63, 3.8) is 0 Å². The molecule has 0 radical (unpaired) electrons. The lowest BCUT2D eigenvalue weighted by Crippen LogP contribution is -2.49. The third-order valence-corrected chi connectivity index (χ3v) is 6.65. The van der Waals surface area contributed by atoms with Crippen molar-refractivity contribution in [2.45, 2.75) is 65.3 Å². The molecule has 3 aliphatic heterocycles.